The molecule has 0 bridgehead atoms. The molecule has 0 amide bonds. The molecule has 0 spiro atoms. The number of carbonyl (C=O) groups is 4. The van der Waals surface area contributed by atoms with Crippen LogP contribution >= 0.6 is 0 Å². The van der Waals surface area contributed by atoms with E-state index in [-0.39, 0.29) is 6.42 Å². The van der Waals surface area contributed by atoms with Crippen molar-refractivity contribution in [2.24, 2.45) is 22.9 Å². The Morgan fingerprint density at radius 2 is 1.16 bits per heavy atom. The van der Waals surface area contributed by atoms with Crippen LogP contribution in [0.5, 0.6) is 0 Å². The van der Waals surface area contributed by atoms with Crippen LogP contribution in [-0.2, 0) is 19.2 Å². The van der Waals surface area contributed by atoms with Crippen LogP contribution in [0, 0.1) is 0 Å². The predicted octanol–water partition coefficient (Wildman–Crippen LogP) is -2.18. The van der Waals surface area contributed by atoms with Crippen molar-refractivity contribution in [2.45, 2.75) is 44.2 Å². The molecule has 0 saturated heterocycles. The van der Waals surface area contributed by atoms with E-state index < -0.39 is 42.4 Å². The summed E-state index contributed by atoms with van der Waals surface area (Å²) in [6.07, 6.45) is 1.38. The Kier molecular flexibility index (Phi) is 19.9. The van der Waals surface area contributed by atoms with E-state index in [1.165, 1.54) is 0 Å². The largest absolute Gasteiger partial charge is 0.481 e. The highest BCUT2D eigenvalue weighted by Gasteiger charge is 2.14. The molecule has 25 heavy (non-hydrogen) atoms. The van der Waals surface area contributed by atoms with E-state index in [9.17, 15) is 19.2 Å². The van der Waals surface area contributed by atoms with Crippen LogP contribution < -0.4 is 22.9 Å². The molecule has 1 unspecified atom stereocenters. The summed E-state index contributed by atoms with van der Waals surface area (Å²) >= 11 is 0. The molecule has 0 aliphatic rings. The van der Waals surface area contributed by atoms with Gasteiger partial charge in [0.25, 0.3) is 0 Å². The number of nitrogens with two attached hydrogens (primary N) is 4. The fraction of sp³-hybridized carbons (Fsp3) is 0.692. The Morgan fingerprint density at radius 3 is 1.36 bits per heavy atom. The van der Waals surface area contributed by atoms with Crippen LogP contribution in [0.15, 0.2) is 0 Å². The van der Waals surface area contributed by atoms with E-state index in [0.29, 0.717) is 32.4 Å². The van der Waals surface area contributed by atoms with Crippen molar-refractivity contribution < 1.29 is 39.6 Å². The molecule has 12 heteroatoms. The summed E-state index contributed by atoms with van der Waals surface area (Å²) in [6.45, 7) is 0.966. The summed E-state index contributed by atoms with van der Waals surface area (Å²) < 4.78 is 0. The van der Waals surface area contributed by atoms with Crippen molar-refractivity contribution in [3.05, 3.63) is 0 Å². The van der Waals surface area contributed by atoms with E-state index >= 15 is 0 Å². The average Bonchev–Trinajstić information content (AvgIpc) is 2.50. The lowest BCUT2D eigenvalue weighted by Gasteiger charge is -2.02. The number of hydrogen-bond donors (Lipinski definition) is 8. The van der Waals surface area contributed by atoms with Gasteiger partial charge in [-0.15, -0.1) is 0 Å². The first kappa shape index (κ1) is 27.6. The highest BCUT2D eigenvalue weighted by atomic mass is 16.4. The molecule has 0 heterocycles. The molecule has 148 valence electrons. The van der Waals surface area contributed by atoms with Crippen molar-refractivity contribution in [1.82, 2.24) is 0 Å². The first-order valence-corrected chi connectivity index (χ1v) is 7.30. The van der Waals surface area contributed by atoms with Crippen LogP contribution in [0.4, 0.5) is 0 Å². The highest BCUT2D eigenvalue weighted by molar-refractivity contribution is 5.80. The maximum atomic E-state index is 10.0. The van der Waals surface area contributed by atoms with E-state index in [2.05, 4.69) is 0 Å². The van der Waals surface area contributed by atoms with Gasteiger partial charge in [-0.3, -0.25) is 19.2 Å². The molecule has 0 saturated carbocycles. The van der Waals surface area contributed by atoms with Gasteiger partial charge in [-0.2, -0.15) is 0 Å². The SMILES string of the molecule is NCCCC(=O)O.NCCCC(N)C(=O)O.N[C@@H](CC(=O)O)C(=O)O. The van der Waals surface area contributed by atoms with E-state index in [0.717, 1.165) is 0 Å². The topological polar surface area (TPSA) is 253 Å². The third-order valence-electron chi connectivity index (χ3n) is 2.34. The Labute approximate surface area is 144 Å². The monoisotopic (exact) mass is 368 g/mol. The molecule has 0 fully saturated rings. The zero-order valence-electron chi connectivity index (χ0n) is 13.8. The zero-order chi connectivity index (χ0) is 20.4. The Hall–Kier alpha value is -2.28. The fourth-order valence-electron chi connectivity index (χ4n) is 0.990. The van der Waals surface area contributed by atoms with Gasteiger partial charge in [0.15, 0.2) is 0 Å². The van der Waals surface area contributed by atoms with E-state index in [4.69, 9.17) is 43.4 Å². The number of hydrogen-bond acceptors (Lipinski definition) is 8. The van der Waals surface area contributed by atoms with Crippen LogP contribution in [0.25, 0.3) is 0 Å². The minimum Gasteiger partial charge on any atom is -0.481 e. The van der Waals surface area contributed by atoms with Crippen molar-refractivity contribution in [2.75, 3.05) is 13.1 Å². The molecular weight excluding hydrogens is 340 g/mol. The Morgan fingerprint density at radius 1 is 0.720 bits per heavy atom. The predicted molar refractivity (Wildman–Crippen MR) is 87.7 cm³/mol. The second-order valence-corrected chi connectivity index (χ2v) is 4.70. The summed E-state index contributed by atoms with van der Waals surface area (Å²) in [4.78, 5) is 39.4. The number of carboxylic acids is 4. The van der Waals surface area contributed by atoms with E-state index in [1.54, 1.807) is 0 Å². The maximum Gasteiger partial charge on any atom is 0.321 e. The van der Waals surface area contributed by atoms with Gasteiger partial charge in [-0.25, -0.2) is 0 Å². The summed E-state index contributed by atoms with van der Waals surface area (Å²) in [6, 6.07) is -2.03. The third kappa shape index (κ3) is 26.9. The van der Waals surface area contributed by atoms with E-state index in [1.807, 2.05) is 0 Å². The van der Waals surface area contributed by atoms with Crippen LogP contribution in [0.3, 0.4) is 0 Å². The van der Waals surface area contributed by atoms with Crippen LogP contribution in [0.1, 0.15) is 32.1 Å². The molecule has 0 rings (SSSR count). The van der Waals surface area contributed by atoms with Gasteiger partial charge in [0, 0.05) is 6.42 Å². The summed E-state index contributed by atoms with van der Waals surface area (Å²) in [5.41, 5.74) is 20.1. The first-order chi connectivity index (χ1) is 11.5. The normalized spacial score (nSPS) is 11.7. The molecule has 0 aromatic heterocycles. The van der Waals surface area contributed by atoms with Gasteiger partial charge in [0.2, 0.25) is 0 Å². The van der Waals surface area contributed by atoms with Gasteiger partial charge >= 0.3 is 23.9 Å². The standard InChI is InChI=1S/C5H12N2O2.C4H7NO4.C4H9NO2/c6-3-1-2-4(7)5(8)9;5-2(4(8)9)1-3(6)7;5-3-1-2-4(6)7/h4H,1-3,6-7H2,(H,8,9);2H,1,5H2,(H,6,7)(H,8,9);1-3,5H2,(H,6,7)/t;2-;/m.0./s1. The second kappa shape index (κ2) is 18.1. The first-order valence-electron chi connectivity index (χ1n) is 7.30. The van der Waals surface area contributed by atoms with Crippen molar-refractivity contribution >= 4 is 23.9 Å². The van der Waals surface area contributed by atoms with Crippen LogP contribution in [-0.4, -0.2) is 69.5 Å². The third-order valence-corrected chi connectivity index (χ3v) is 2.34. The lowest BCUT2D eigenvalue weighted by Crippen LogP contribution is -2.32. The smallest absolute Gasteiger partial charge is 0.321 e. The van der Waals surface area contributed by atoms with Crippen molar-refractivity contribution in [1.29, 1.82) is 0 Å². The second-order valence-electron chi connectivity index (χ2n) is 4.70. The molecule has 12 nitrogen and oxygen atoms in total. The molecule has 2 atom stereocenters. The molecule has 0 aromatic rings. The zero-order valence-corrected chi connectivity index (χ0v) is 13.8. The quantitative estimate of drug-likeness (QED) is 0.205. The van der Waals surface area contributed by atoms with Crippen molar-refractivity contribution in [3.8, 4) is 0 Å². The maximum absolute atomic E-state index is 10.0. The lowest BCUT2D eigenvalue weighted by atomic mass is 10.2. The fourth-order valence-corrected chi connectivity index (χ4v) is 0.990. The minimum absolute atomic E-state index is 0.191. The molecule has 0 aliphatic heterocycles. The lowest BCUT2D eigenvalue weighted by molar-refractivity contribution is -0.144. The number of aliphatic carboxylic acids is 4. The molecule has 12 N–H and O–H groups in total. The van der Waals surface area contributed by atoms with Crippen molar-refractivity contribution in [3.63, 3.8) is 0 Å². The van der Waals surface area contributed by atoms with Gasteiger partial charge in [0.1, 0.15) is 12.1 Å². The molecule has 0 aromatic carbocycles. The van der Waals surface area contributed by atoms with Gasteiger partial charge in [-0.1, -0.05) is 0 Å². The average molecular weight is 368 g/mol. The number of rotatable bonds is 10. The Balaban J connectivity index is -0.000000293. The van der Waals surface area contributed by atoms with Gasteiger partial charge in [0.05, 0.1) is 6.42 Å². The van der Waals surface area contributed by atoms with Gasteiger partial charge in [-0.05, 0) is 32.4 Å². The summed E-state index contributed by atoms with van der Waals surface area (Å²) in [5, 5.41) is 32.3. The summed E-state index contributed by atoms with van der Waals surface area (Å²) in [7, 11) is 0. The number of carboxylic acid groups (broad SMARTS) is 4. The molecule has 0 aliphatic carbocycles. The summed E-state index contributed by atoms with van der Waals surface area (Å²) in [5.74, 6) is -4.23. The highest BCUT2D eigenvalue weighted by Crippen LogP contribution is 1.91. The Bertz CT molecular complexity index is 405. The molecular formula is C13H28N4O8. The van der Waals surface area contributed by atoms with Gasteiger partial charge < -0.3 is 43.4 Å². The molecule has 0 radical (unpaired) electrons. The minimum atomic E-state index is -1.29. The van der Waals surface area contributed by atoms with Crippen LogP contribution in [0.2, 0.25) is 0 Å².